The molecule has 0 fully saturated rings. The molecule has 4 heteroatoms. The highest BCUT2D eigenvalue weighted by atomic mass is 79.9. The molecule has 1 aromatic rings. The molecular formula is C16H22BrNO2. The number of benzene rings is 1. The Morgan fingerprint density at radius 3 is 2.70 bits per heavy atom. The monoisotopic (exact) mass is 339 g/mol. The minimum atomic E-state index is -0.930. The highest BCUT2D eigenvalue weighted by molar-refractivity contribution is 9.10. The normalized spacial score (nSPS) is 12.6. The van der Waals surface area contributed by atoms with Crippen molar-refractivity contribution in [3.63, 3.8) is 0 Å². The van der Waals surface area contributed by atoms with Gasteiger partial charge in [-0.1, -0.05) is 36.2 Å². The molecule has 3 nitrogen and oxygen atoms in total. The van der Waals surface area contributed by atoms with Gasteiger partial charge in [0, 0.05) is 29.3 Å². The number of nitrogens with zero attached hydrogens (tertiary/aromatic N) is 1. The minimum absolute atomic E-state index is 0.606. The van der Waals surface area contributed by atoms with Crippen molar-refractivity contribution in [1.82, 2.24) is 0 Å². The number of anilines is 1. The van der Waals surface area contributed by atoms with Crippen LogP contribution < -0.4 is 4.90 Å². The van der Waals surface area contributed by atoms with Gasteiger partial charge in [0.1, 0.15) is 0 Å². The summed E-state index contributed by atoms with van der Waals surface area (Å²) in [7, 11) is 0. The molecule has 1 N–H and O–H groups in total. The first-order chi connectivity index (χ1) is 9.47. The fraction of sp³-hybridized carbons (Fsp3) is 0.438. The fourth-order valence-electron chi connectivity index (χ4n) is 2.01. The van der Waals surface area contributed by atoms with Crippen molar-refractivity contribution in [3.05, 3.63) is 34.3 Å². The van der Waals surface area contributed by atoms with Crippen molar-refractivity contribution in [2.45, 2.75) is 27.2 Å². The van der Waals surface area contributed by atoms with Crippen molar-refractivity contribution in [1.29, 1.82) is 0 Å². The second-order valence-electron chi connectivity index (χ2n) is 4.93. The molecule has 0 aromatic heterocycles. The summed E-state index contributed by atoms with van der Waals surface area (Å²) in [6, 6.07) is 5.98. The van der Waals surface area contributed by atoms with Crippen LogP contribution >= 0.6 is 15.9 Å². The van der Waals surface area contributed by atoms with Crippen LogP contribution in [0.2, 0.25) is 0 Å². The highest BCUT2D eigenvalue weighted by Gasteiger charge is 2.11. The van der Waals surface area contributed by atoms with Gasteiger partial charge in [0.05, 0.1) is 0 Å². The third kappa shape index (κ3) is 5.00. The molecule has 1 unspecified atom stereocenters. The SMILES string of the molecule is CCC(C)CN(CC)c1ccc(Br)cc1/C=C/C(=O)O. The molecule has 110 valence electrons. The van der Waals surface area contributed by atoms with E-state index in [0.29, 0.717) is 5.92 Å². The van der Waals surface area contributed by atoms with E-state index in [9.17, 15) is 4.79 Å². The highest BCUT2D eigenvalue weighted by Crippen LogP contribution is 2.27. The van der Waals surface area contributed by atoms with Gasteiger partial charge in [-0.2, -0.15) is 0 Å². The zero-order valence-corrected chi connectivity index (χ0v) is 13.9. The first-order valence-electron chi connectivity index (χ1n) is 6.93. The van der Waals surface area contributed by atoms with Crippen molar-refractivity contribution in [3.8, 4) is 0 Å². The molecule has 0 aliphatic heterocycles. The molecule has 1 rings (SSSR count). The maximum Gasteiger partial charge on any atom is 0.328 e. The molecule has 0 aliphatic rings. The Morgan fingerprint density at radius 2 is 2.15 bits per heavy atom. The summed E-state index contributed by atoms with van der Waals surface area (Å²) in [5.74, 6) is -0.323. The van der Waals surface area contributed by atoms with Crippen LogP contribution in [0.25, 0.3) is 6.08 Å². The Kier molecular flexibility index (Phi) is 6.79. The summed E-state index contributed by atoms with van der Waals surface area (Å²) in [6.45, 7) is 8.41. The molecule has 0 amide bonds. The van der Waals surface area contributed by atoms with E-state index >= 15 is 0 Å². The Balaban J connectivity index is 3.10. The van der Waals surface area contributed by atoms with Gasteiger partial charge in [-0.15, -0.1) is 0 Å². The second-order valence-corrected chi connectivity index (χ2v) is 5.84. The van der Waals surface area contributed by atoms with E-state index in [1.165, 1.54) is 6.08 Å². The average molecular weight is 340 g/mol. The first-order valence-corrected chi connectivity index (χ1v) is 7.72. The van der Waals surface area contributed by atoms with Crippen molar-refractivity contribution in [2.24, 2.45) is 5.92 Å². The number of halogens is 1. The Labute approximate surface area is 129 Å². The lowest BCUT2D eigenvalue weighted by Gasteiger charge is -2.28. The Bertz CT molecular complexity index is 485. The maximum atomic E-state index is 10.7. The van der Waals surface area contributed by atoms with Gasteiger partial charge in [0.25, 0.3) is 0 Å². The lowest BCUT2D eigenvalue weighted by molar-refractivity contribution is -0.131. The van der Waals surface area contributed by atoms with Gasteiger partial charge in [0.2, 0.25) is 0 Å². The van der Waals surface area contributed by atoms with E-state index in [4.69, 9.17) is 5.11 Å². The smallest absolute Gasteiger partial charge is 0.328 e. The van der Waals surface area contributed by atoms with Crippen LogP contribution in [0, 0.1) is 5.92 Å². The lowest BCUT2D eigenvalue weighted by Crippen LogP contribution is -2.28. The Morgan fingerprint density at radius 1 is 1.45 bits per heavy atom. The quantitative estimate of drug-likeness (QED) is 0.747. The molecular weight excluding hydrogens is 318 g/mol. The minimum Gasteiger partial charge on any atom is -0.478 e. The van der Waals surface area contributed by atoms with Crippen LogP contribution in [-0.2, 0) is 4.79 Å². The summed E-state index contributed by atoms with van der Waals surface area (Å²) in [5, 5.41) is 8.80. The molecule has 0 bridgehead atoms. The predicted molar refractivity (Wildman–Crippen MR) is 88.2 cm³/mol. The van der Waals surface area contributed by atoms with Gasteiger partial charge in [-0.3, -0.25) is 0 Å². The molecule has 0 radical (unpaired) electrons. The number of carboxylic acid groups (broad SMARTS) is 1. The van der Waals surface area contributed by atoms with E-state index < -0.39 is 5.97 Å². The molecule has 1 atom stereocenters. The molecule has 0 saturated heterocycles. The fourth-order valence-corrected chi connectivity index (χ4v) is 2.39. The molecule has 1 aromatic carbocycles. The van der Waals surface area contributed by atoms with Gasteiger partial charge in [-0.25, -0.2) is 4.79 Å². The number of carbonyl (C=O) groups is 1. The third-order valence-electron chi connectivity index (χ3n) is 3.35. The predicted octanol–water partition coefficient (Wildman–Crippen LogP) is 4.42. The van der Waals surface area contributed by atoms with E-state index in [2.05, 4.69) is 41.6 Å². The number of aliphatic carboxylic acids is 1. The lowest BCUT2D eigenvalue weighted by atomic mass is 10.1. The Hall–Kier alpha value is -1.29. The van der Waals surface area contributed by atoms with Crippen LogP contribution in [0.15, 0.2) is 28.7 Å². The van der Waals surface area contributed by atoms with Crippen LogP contribution in [0.5, 0.6) is 0 Å². The van der Waals surface area contributed by atoms with E-state index in [-0.39, 0.29) is 0 Å². The van der Waals surface area contributed by atoms with Crippen molar-refractivity contribution in [2.75, 3.05) is 18.0 Å². The molecule has 0 heterocycles. The molecule has 0 saturated carbocycles. The van der Waals surface area contributed by atoms with Crippen molar-refractivity contribution >= 4 is 33.7 Å². The van der Waals surface area contributed by atoms with Crippen LogP contribution in [0.1, 0.15) is 32.8 Å². The zero-order valence-electron chi connectivity index (χ0n) is 12.3. The topological polar surface area (TPSA) is 40.5 Å². The summed E-state index contributed by atoms with van der Waals surface area (Å²) in [4.78, 5) is 13.0. The summed E-state index contributed by atoms with van der Waals surface area (Å²) < 4.78 is 0.950. The van der Waals surface area contributed by atoms with Crippen LogP contribution in [0.4, 0.5) is 5.69 Å². The third-order valence-corrected chi connectivity index (χ3v) is 3.84. The number of hydrogen-bond donors (Lipinski definition) is 1. The number of hydrogen-bond acceptors (Lipinski definition) is 2. The van der Waals surface area contributed by atoms with E-state index in [1.54, 1.807) is 6.08 Å². The zero-order chi connectivity index (χ0) is 15.1. The van der Waals surface area contributed by atoms with Crippen LogP contribution in [0.3, 0.4) is 0 Å². The average Bonchev–Trinajstić information content (AvgIpc) is 2.42. The number of carboxylic acids is 1. The largest absolute Gasteiger partial charge is 0.478 e. The maximum absolute atomic E-state index is 10.7. The van der Waals surface area contributed by atoms with E-state index in [0.717, 1.165) is 35.2 Å². The molecule has 0 aliphatic carbocycles. The van der Waals surface area contributed by atoms with Gasteiger partial charge in [-0.05, 0) is 42.7 Å². The summed E-state index contributed by atoms with van der Waals surface area (Å²) in [6.07, 6.45) is 3.97. The second kappa shape index (κ2) is 8.10. The summed E-state index contributed by atoms with van der Waals surface area (Å²) in [5.41, 5.74) is 2.00. The van der Waals surface area contributed by atoms with Gasteiger partial charge in [0.15, 0.2) is 0 Å². The molecule has 0 spiro atoms. The number of rotatable bonds is 7. The first kappa shape index (κ1) is 16.8. The summed E-state index contributed by atoms with van der Waals surface area (Å²) >= 11 is 3.44. The van der Waals surface area contributed by atoms with E-state index in [1.807, 2.05) is 18.2 Å². The standard InChI is InChI=1S/C16H22BrNO2/c1-4-12(3)11-18(5-2)15-8-7-14(17)10-13(15)6-9-16(19)20/h6-10,12H,4-5,11H2,1-3H3,(H,19,20)/b9-6+. The van der Waals surface area contributed by atoms with Gasteiger partial charge < -0.3 is 10.0 Å². The van der Waals surface area contributed by atoms with Crippen molar-refractivity contribution < 1.29 is 9.90 Å². The van der Waals surface area contributed by atoms with Crippen LogP contribution in [-0.4, -0.2) is 24.2 Å². The molecule has 20 heavy (non-hydrogen) atoms. The van der Waals surface area contributed by atoms with Gasteiger partial charge >= 0.3 is 5.97 Å².